The maximum Gasteiger partial charge on any atom is 0.327 e. The van der Waals surface area contributed by atoms with E-state index in [4.69, 9.17) is 23.1 Å². The largest absolute Gasteiger partial charge is 0.480 e. The number of hydrogen-bond donors (Lipinski definition) is 2. The lowest BCUT2D eigenvalue weighted by Gasteiger charge is -2.09. The Bertz CT molecular complexity index is 529. The fourth-order valence-electron chi connectivity index (χ4n) is 1.28. The van der Waals surface area contributed by atoms with Crippen LogP contribution in [0.25, 0.3) is 6.08 Å². The van der Waals surface area contributed by atoms with E-state index in [1.54, 1.807) is 30.3 Å². The van der Waals surface area contributed by atoms with E-state index in [2.05, 4.69) is 11.2 Å². The second kappa shape index (κ2) is 7.24. The molecule has 0 aliphatic rings. The Morgan fingerprint density at radius 2 is 2.05 bits per heavy atom. The Labute approximate surface area is 116 Å². The van der Waals surface area contributed by atoms with E-state index < -0.39 is 17.9 Å². The third-order valence-electron chi connectivity index (χ3n) is 2.23. The van der Waals surface area contributed by atoms with Crippen LogP contribution in [0, 0.1) is 12.3 Å². The topological polar surface area (TPSA) is 66.4 Å². The van der Waals surface area contributed by atoms with Gasteiger partial charge in [-0.15, -0.1) is 12.3 Å². The van der Waals surface area contributed by atoms with Crippen LogP contribution in [0.3, 0.4) is 0 Å². The van der Waals surface area contributed by atoms with Crippen LogP contribution in [0.15, 0.2) is 30.3 Å². The number of carbonyl (C=O) groups is 2. The number of carboxylic acids is 1. The van der Waals surface area contributed by atoms with E-state index >= 15 is 0 Å². The summed E-state index contributed by atoms with van der Waals surface area (Å²) in [6.07, 6.45) is 7.77. The maximum atomic E-state index is 11.5. The van der Waals surface area contributed by atoms with Crippen molar-refractivity contribution < 1.29 is 14.7 Å². The van der Waals surface area contributed by atoms with E-state index in [0.717, 1.165) is 5.56 Å². The Morgan fingerprint density at radius 3 is 2.58 bits per heavy atom. The molecule has 98 valence electrons. The molecule has 0 fully saturated rings. The number of aliphatic carboxylic acids is 1. The number of benzene rings is 1. The molecular formula is C14H12ClNO3. The molecule has 0 saturated carbocycles. The molecule has 1 amide bonds. The SMILES string of the molecule is C#CCC(NC(=O)/C=C/c1ccc(Cl)cc1)C(=O)O. The van der Waals surface area contributed by atoms with Crippen molar-refractivity contribution in [3.63, 3.8) is 0 Å². The van der Waals surface area contributed by atoms with Gasteiger partial charge in [0.2, 0.25) is 5.91 Å². The summed E-state index contributed by atoms with van der Waals surface area (Å²) < 4.78 is 0. The molecule has 0 bridgehead atoms. The van der Waals surface area contributed by atoms with Gasteiger partial charge in [-0.1, -0.05) is 23.7 Å². The van der Waals surface area contributed by atoms with Gasteiger partial charge in [0.25, 0.3) is 0 Å². The van der Waals surface area contributed by atoms with Crippen LogP contribution >= 0.6 is 11.6 Å². The standard InChI is InChI=1S/C14H12ClNO3/c1-2-3-12(14(18)19)16-13(17)9-6-10-4-7-11(15)8-5-10/h1,4-9,12H,3H2,(H,16,17)(H,18,19)/b9-6+. The van der Waals surface area contributed by atoms with Gasteiger partial charge in [-0.2, -0.15) is 0 Å². The quantitative estimate of drug-likeness (QED) is 0.638. The van der Waals surface area contributed by atoms with Crippen LogP contribution in [0.1, 0.15) is 12.0 Å². The summed E-state index contributed by atoms with van der Waals surface area (Å²) in [5.74, 6) is 0.523. The maximum absolute atomic E-state index is 11.5. The van der Waals surface area contributed by atoms with E-state index in [1.165, 1.54) is 6.08 Å². The van der Waals surface area contributed by atoms with Gasteiger partial charge >= 0.3 is 5.97 Å². The molecule has 0 aliphatic carbocycles. The molecular weight excluding hydrogens is 266 g/mol. The van der Waals surface area contributed by atoms with Crippen molar-refractivity contribution in [1.82, 2.24) is 5.32 Å². The minimum absolute atomic E-state index is 0.0597. The molecule has 1 rings (SSSR count). The van der Waals surface area contributed by atoms with Crippen LogP contribution in [0.2, 0.25) is 5.02 Å². The summed E-state index contributed by atoms with van der Waals surface area (Å²) >= 11 is 5.73. The van der Waals surface area contributed by atoms with E-state index in [-0.39, 0.29) is 6.42 Å². The molecule has 0 heterocycles. The highest BCUT2D eigenvalue weighted by molar-refractivity contribution is 6.30. The van der Waals surface area contributed by atoms with Gasteiger partial charge in [-0.3, -0.25) is 4.79 Å². The number of halogens is 1. The molecule has 4 nitrogen and oxygen atoms in total. The summed E-state index contributed by atoms with van der Waals surface area (Å²) in [6.45, 7) is 0. The molecule has 2 N–H and O–H groups in total. The second-order valence-corrected chi connectivity index (χ2v) is 4.13. The zero-order valence-corrected chi connectivity index (χ0v) is 10.7. The smallest absolute Gasteiger partial charge is 0.327 e. The molecule has 0 radical (unpaired) electrons. The summed E-state index contributed by atoms with van der Waals surface area (Å²) in [5, 5.41) is 11.7. The van der Waals surface area contributed by atoms with Gasteiger partial charge in [-0.25, -0.2) is 4.79 Å². The van der Waals surface area contributed by atoms with E-state index in [0.29, 0.717) is 5.02 Å². The van der Waals surface area contributed by atoms with Crippen LogP contribution in [0.5, 0.6) is 0 Å². The normalized spacial score (nSPS) is 11.8. The number of hydrogen-bond acceptors (Lipinski definition) is 2. The van der Waals surface area contributed by atoms with Crippen molar-refractivity contribution in [2.24, 2.45) is 0 Å². The number of carboxylic acid groups (broad SMARTS) is 1. The molecule has 5 heteroatoms. The van der Waals surface area contributed by atoms with Crippen molar-refractivity contribution in [3.8, 4) is 12.3 Å². The molecule has 0 spiro atoms. The number of nitrogens with one attached hydrogen (secondary N) is 1. The van der Waals surface area contributed by atoms with Gasteiger partial charge in [0.05, 0.1) is 0 Å². The molecule has 1 unspecified atom stereocenters. The Kier molecular flexibility index (Phi) is 5.65. The summed E-state index contributed by atoms with van der Waals surface area (Å²) in [6, 6.07) is 5.78. The highest BCUT2D eigenvalue weighted by Gasteiger charge is 2.17. The first-order valence-corrected chi connectivity index (χ1v) is 5.81. The highest BCUT2D eigenvalue weighted by atomic mass is 35.5. The zero-order chi connectivity index (χ0) is 14.3. The number of carbonyl (C=O) groups excluding carboxylic acids is 1. The lowest BCUT2D eigenvalue weighted by atomic mass is 10.2. The minimum atomic E-state index is -1.16. The monoisotopic (exact) mass is 277 g/mol. The highest BCUT2D eigenvalue weighted by Crippen LogP contribution is 2.10. The first-order valence-electron chi connectivity index (χ1n) is 5.43. The van der Waals surface area contributed by atoms with Crippen molar-refractivity contribution in [3.05, 3.63) is 40.9 Å². The number of terminal acetylenes is 1. The Hall–Kier alpha value is -2.25. The Morgan fingerprint density at radius 1 is 1.42 bits per heavy atom. The summed E-state index contributed by atoms with van der Waals surface area (Å²) in [7, 11) is 0. The Balaban J connectivity index is 2.61. The molecule has 0 aliphatic heterocycles. The number of amides is 1. The fraction of sp³-hybridized carbons (Fsp3) is 0.143. The van der Waals surface area contributed by atoms with Crippen LogP contribution in [-0.4, -0.2) is 23.0 Å². The van der Waals surface area contributed by atoms with E-state index in [9.17, 15) is 9.59 Å². The molecule has 1 aromatic carbocycles. The van der Waals surface area contributed by atoms with Crippen molar-refractivity contribution >= 4 is 29.6 Å². The van der Waals surface area contributed by atoms with Gasteiger partial charge in [-0.05, 0) is 23.8 Å². The molecule has 0 aromatic heterocycles. The average molecular weight is 278 g/mol. The van der Waals surface area contributed by atoms with E-state index in [1.807, 2.05) is 0 Å². The van der Waals surface area contributed by atoms with Crippen molar-refractivity contribution in [2.75, 3.05) is 0 Å². The number of rotatable bonds is 5. The van der Waals surface area contributed by atoms with Crippen LogP contribution < -0.4 is 5.32 Å². The lowest BCUT2D eigenvalue weighted by molar-refractivity contribution is -0.141. The van der Waals surface area contributed by atoms with Crippen molar-refractivity contribution in [2.45, 2.75) is 12.5 Å². The molecule has 1 aromatic rings. The first-order chi connectivity index (χ1) is 9.02. The zero-order valence-electron chi connectivity index (χ0n) is 9.97. The predicted octanol–water partition coefficient (Wildman–Crippen LogP) is 1.95. The van der Waals surface area contributed by atoms with Gasteiger partial charge in [0.1, 0.15) is 6.04 Å². The van der Waals surface area contributed by atoms with Crippen LogP contribution in [-0.2, 0) is 9.59 Å². The van der Waals surface area contributed by atoms with Crippen LogP contribution in [0.4, 0.5) is 0 Å². The summed E-state index contributed by atoms with van der Waals surface area (Å²) in [5.41, 5.74) is 0.781. The van der Waals surface area contributed by atoms with Crippen molar-refractivity contribution in [1.29, 1.82) is 0 Å². The third-order valence-corrected chi connectivity index (χ3v) is 2.49. The first kappa shape index (κ1) is 14.8. The third kappa shape index (κ3) is 5.28. The summed E-state index contributed by atoms with van der Waals surface area (Å²) in [4.78, 5) is 22.3. The second-order valence-electron chi connectivity index (χ2n) is 3.69. The predicted molar refractivity (Wildman–Crippen MR) is 73.5 cm³/mol. The van der Waals surface area contributed by atoms with Gasteiger partial charge in [0.15, 0.2) is 0 Å². The molecule has 0 saturated heterocycles. The van der Waals surface area contributed by atoms with Gasteiger partial charge < -0.3 is 10.4 Å². The molecule has 1 atom stereocenters. The molecule has 19 heavy (non-hydrogen) atoms. The lowest BCUT2D eigenvalue weighted by Crippen LogP contribution is -2.39. The van der Waals surface area contributed by atoms with Gasteiger partial charge in [0, 0.05) is 17.5 Å². The fourth-order valence-corrected chi connectivity index (χ4v) is 1.41. The minimum Gasteiger partial charge on any atom is -0.480 e. The average Bonchev–Trinajstić information content (AvgIpc) is 2.37.